The number of likely N-dealkylation sites (N-methyl/N-ethyl adjacent to an activating group) is 1. The zero-order chi connectivity index (χ0) is 14.7. The normalized spacial score (nSPS) is 16.1. The first-order chi connectivity index (χ1) is 9.50. The van der Waals surface area contributed by atoms with Crippen LogP contribution in [0.2, 0.25) is 0 Å². The number of hydrogen-bond donors (Lipinski definition) is 1. The average Bonchev–Trinajstić information content (AvgIpc) is 2.94. The highest BCUT2D eigenvalue weighted by Gasteiger charge is 2.22. The van der Waals surface area contributed by atoms with E-state index in [-0.39, 0.29) is 6.54 Å². The van der Waals surface area contributed by atoms with E-state index in [0.717, 1.165) is 12.8 Å². The van der Waals surface area contributed by atoms with Gasteiger partial charge in [0.2, 0.25) is 11.6 Å². The van der Waals surface area contributed by atoms with Crippen LogP contribution in [-0.2, 0) is 0 Å². The number of nitrogens with zero attached hydrogens (tertiary/aromatic N) is 2. The Kier molecular flexibility index (Phi) is 4.80. The van der Waals surface area contributed by atoms with Crippen molar-refractivity contribution in [3.63, 3.8) is 0 Å². The molecule has 0 spiro atoms. The van der Waals surface area contributed by atoms with Crippen molar-refractivity contribution in [3.05, 3.63) is 23.5 Å². The van der Waals surface area contributed by atoms with Gasteiger partial charge in [0.05, 0.1) is 0 Å². The van der Waals surface area contributed by atoms with E-state index in [1.54, 1.807) is 0 Å². The van der Waals surface area contributed by atoms with Gasteiger partial charge in [0.25, 0.3) is 11.9 Å². The first-order valence-corrected chi connectivity index (χ1v) is 6.64. The zero-order valence-electron chi connectivity index (χ0n) is 11.2. The van der Waals surface area contributed by atoms with Gasteiger partial charge in [-0.3, -0.25) is 0 Å². The number of hydrogen-bond acceptors (Lipinski definition) is 3. The number of halogens is 4. The maximum Gasteiger partial charge on any atom is 0.253 e. The van der Waals surface area contributed by atoms with E-state index in [1.165, 1.54) is 12.8 Å². The maximum atomic E-state index is 13.3. The van der Waals surface area contributed by atoms with Gasteiger partial charge in [-0.05, 0) is 19.9 Å². The van der Waals surface area contributed by atoms with E-state index in [1.807, 2.05) is 7.05 Å². The lowest BCUT2D eigenvalue weighted by Crippen LogP contribution is -2.33. The molecule has 1 heterocycles. The van der Waals surface area contributed by atoms with Crippen molar-refractivity contribution in [1.82, 2.24) is 9.88 Å². The van der Waals surface area contributed by atoms with Gasteiger partial charge in [-0.25, -0.2) is 0 Å². The third-order valence-electron chi connectivity index (χ3n) is 3.71. The first kappa shape index (κ1) is 15.0. The molecule has 0 saturated heterocycles. The summed E-state index contributed by atoms with van der Waals surface area (Å²) >= 11 is 0. The highest BCUT2D eigenvalue weighted by Crippen LogP contribution is 2.23. The molecule has 1 fully saturated rings. The third-order valence-corrected chi connectivity index (χ3v) is 3.71. The van der Waals surface area contributed by atoms with E-state index >= 15 is 0 Å². The Morgan fingerprint density at radius 2 is 1.65 bits per heavy atom. The lowest BCUT2D eigenvalue weighted by Gasteiger charge is -2.24. The largest absolute Gasteiger partial charge is 0.379 e. The van der Waals surface area contributed by atoms with Crippen LogP contribution in [0.4, 0.5) is 23.2 Å². The zero-order valence-corrected chi connectivity index (χ0v) is 11.2. The molecule has 1 saturated carbocycles. The Morgan fingerprint density at radius 1 is 1.10 bits per heavy atom. The average molecular weight is 291 g/mol. The molecule has 0 unspecified atom stereocenters. The molecule has 0 atom stereocenters. The molecule has 1 aliphatic rings. The topological polar surface area (TPSA) is 28.2 Å². The van der Waals surface area contributed by atoms with Gasteiger partial charge in [0.1, 0.15) is 5.69 Å². The van der Waals surface area contributed by atoms with Crippen molar-refractivity contribution in [2.45, 2.75) is 31.7 Å². The van der Waals surface area contributed by atoms with Gasteiger partial charge in [0.15, 0.2) is 0 Å². The molecule has 20 heavy (non-hydrogen) atoms. The number of rotatable bonds is 5. The minimum absolute atomic E-state index is 0.198. The Hall–Kier alpha value is -1.37. The first-order valence-electron chi connectivity index (χ1n) is 6.64. The minimum Gasteiger partial charge on any atom is -0.379 e. The second-order valence-electron chi connectivity index (χ2n) is 5.04. The van der Waals surface area contributed by atoms with Crippen molar-refractivity contribution in [2.24, 2.45) is 0 Å². The quantitative estimate of drug-likeness (QED) is 0.668. The lowest BCUT2D eigenvalue weighted by atomic mass is 10.2. The Morgan fingerprint density at radius 3 is 2.20 bits per heavy atom. The van der Waals surface area contributed by atoms with Gasteiger partial charge in [-0.15, -0.1) is 0 Å². The summed E-state index contributed by atoms with van der Waals surface area (Å²) in [6, 6.07) is 0.470. The monoisotopic (exact) mass is 291 g/mol. The van der Waals surface area contributed by atoms with Crippen LogP contribution in [0.15, 0.2) is 0 Å². The number of nitrogens with one attached hydrogen (secondary N) is 1. The van der Waals surface area contributed by atoms with Crippen LogP contribution in [0.1, 0.15) is 25.7 Å². The Bertz CT molecular complexity index is 449. The summed E-state index contributed by atoms with van der Waals surface area (Å²) in [5.41, 5.74) is -0.796. The molecule has 0 amide bonds. The van der Waals surface area contributed by atoms with E-state index in [0.29, 0.717) is 12.6 Å². The summed E-state index contributed by atoms with van der Waals surface area (Å²) in [6.45, 7) is 0.735. The molecule has 1 aromatic rings. The second kappa shape index (κ2) is 6.39. The van der Waals surface area contributed by atoms with Crippen molar-refractivity contribution >= 4 is 5.69 Å². The lowest BCUT2D eigenvalue weighted by molar-refractivity contribution is 0.254. The predicted molar refractivity (Wildman–Crippen MR) is 67.4 cm³/mol. The fourth-order valence-electron chi connectivity index (χ4n) is 2.53. The number of aromatic nitrogens is 1. The molecule has 0 aromatic carbocycles. The molecule has 3 nitrogen and oxygen atoms in total. The molecule has 1 aliphatic carbocycles. The summed E-state index contributed by atoms with van der Waals surface area (Å²) in [4.78, 5) is 4.59. The SMILES string of the molecule is CN(CCNc1c(F)c(F)nc(F)c1F)C1CCCC1. The molecule has 0 bridgehead atoms. The predicted octanol–water partition coefficient (Wildman–Crippen LogP) is 2.92. The second-order valence-corrected chi connectivity index (χ2v) is 5.04. The standard InChI is InChI=1S/C13H17F4N3/c1-20(8-4-2-3-5-8)7-6-18-11-9(14)12(16)19-13(17)10(11)15/h8H,2-7H2,1H3,(H,18,19). The smallest absolute Gasteiger partial charge is 0.253 e. The summed E-state index contributed by atoms with van der Waals surface area (Å²) in [6.07, 6.45) is 4.59. The molecule has 2 rings (SSSR count). The molecular formula is C13H17F4N3. The molecule has 7 heteroatoms. The molecule has 0 aliphatic heterocycles. The fraction of sp³-hybridized carbons (Fsp3) is 0.615. The number of pyridine rings is 1. The minimum atomic E-state index is -1.64. The third kappa shape index (κ3) is 3.20. The van der Waals surface area contributed by atoms with Crippen LogP contribution in [0, 0.1) is 23.5 Å². The van der Waals surface area contributed by atoms with Crippen LogP contribution in [-0.4, -0.2) is 36.1 Å². The molecule has 112 valence electrons. The van der Waals surface area contributed by atoms with Gasteiger partial charge in [-0.2, -0.15) is 22.5 Å². The molecule has 0 radical (unpaired) electrons. The summed E-state index contributed by atoms with van der Waals surface area (Å²) < 4.78 is 52.5. The highest BCUT2D eigenvalue weighted by atomic mass is 19.2. The van der Waals surface area contributed by atoms with Gasteiger partial charge in [0, 0.05) is 19.1 Å². The Balaban J connectivity index is 1.94. The van der Waals surface area contributed by atoms with Crippen LogP contribution in [0.25, 0.3) is 0 Å². The molecule has 1 aromatic heterocycles. The fourth-order valence-corrected chi connectivity index (χ4v) is 2.53. The van der Waals surface area contributed by atoms with E-state index in [4.69, 9.17) is 0 Å². The van der Waals surface area contributed by atoms with Crippen molar-refractivity contribution < 1.29 is 17.6 Å². The van der Waals surface area contributed by atoms with Crippen LogP contribution in [0.5, 0.6) is 0 Å². The van der Waals surface area contributed by atoms with Crippen LogP contribution in [0.3, 0.4) is 0 Å². The van der Waals surface area contributed by atoms with E-state index in [2.05, 4.69) is 15.2 Å². The summed E-state index contributed by atoms with van der Waals surface area (Å²) in [5.74, 6) is -6.27. The van der Waals surface area contributed by atoms with Gasteiger partial charge in [-0.1, -0.05) is 12.8 Å². The number of anilines is 1. The van der Waals surface area contributed by atoms with Gasteiger partial charge < -0.3 is 10.2 Å². The van der Waals surface area contributed by atoms with E-state index in [9.17, 15) is 17.6 Å². The Labute approximate surface area is 115 Å². The van der Waals surface area contributed by atoms with Crippen LogP contribution < -0.4 is 5.32 Å². The van der Waals surface area contributed by atoms with E-state index < -0.39 is 29.2 Å². The molecular weight excluding hydrogens is 274 g/mol. The maximum absolute atomic E-state index is 13.3. The van der Waals surface area contributed by atoms with Crippen molar-refractivity contribution in [1.29, 1.82) is 0 Å². The van der Waals surface area contributed by atoms with Crippen molar-refractivity contribution in [2.75, 3.05) is 25.5 Å². The highest BCUT2D eigenvalue weighted by molar-refractivity contribution is 5.45. The summed E-state index contributed by atoms with van der Waals surface area (Å²) in [7, 11) is 1.93. The van der Waals surface area contributed by atoms with Gasteiger partial charge >= 0.3 is 0 Å². The van der Waals surface area contributed by atoms with Crippen LogP contribution >= 0.6 is 0 Å². The van der Waals surface area contributed by atoms with Crippen molar-refractivity contribution in [3.8, 4) is 0 Å². The summed E-state index contributed by atoms with van der Waals surface area (Å²) in [5, 5.41) is 2.41. The molecule has 1 N–H and O–H groups in total.